The van der Waals surface area contributed by atoms with Gasteiger partial charge in [0.25, 0.3) is 0 Å². The highest BCUT2D eigenvalue weighted by Gasteiger charge is 2.30. The number of hydrogen-bond acceptors (Lipinski definition) is 3. The van der Waals surface area contributed by atoms with E-state index in [4.69, 9.17) is 4.74 Å². The number of imidazole rings is 1. The highest BCUT2D eigenvalue weighted by molar-refractivity contribution is 5.99. The van der Waals surface area contributed by atoms with Gasteiger partial charge in [0.15, 0.2) is 0 Å². The molecule has 1 aliphatic heterocycles. The van der Waals surface area contributed by atoms with E-state index in [1.807, 2.05) is 24.5 Å². The second-order valence-corrected chi connectivity index (χ2v) is 8.64. The molecular formula is C26H25N3O2. The predicted molar refractivity (Wildman–Crippen MR) is 121 cm³/mol. The summed E-state index contributed by atoms with van der Waals surface area (Å²) in [7, 11) is 1.44. The van der Waals surface area contributed by atoms with E-state index in [-0.39, 0.29) is 5.97 Å². The number of aromatic nitrogens is 3. The van der Waals surface area contributed by atoms with Crippen LogP contribution in [0.5, 0.6) is 0 Å². The smallest absolute Gasteiger partial charge is 0.337 e. The molecule has 4 aromatic rings. The van der Waals surface area contributed by atoms with Gasteiger partial charge < -0.3 is 13.9 Å². The Morgan fingerprint density at radius 2 is 1.94 bits per heavy atom. The maximum Gasteiger partial charge on any atom is 0.337 e. The normalized spacial score (nSPS) is 15.8. The van der Waals surface area contributed by atoms with Gasteiger partial charge in [0.05, 0.1) is 36.1 Å². The van der Waals surface area contributed by atoms with Crippen LogP contribution >= 0.6 is 0 Å². The topological polar surface area (TPSA) is 49.1 Å². The van der Waals surface area contributed by atoms with Crippen LogP contribution in [0, 0.1) is 0 Å². The number of hydrogen-bond donors (Lipinski definition) is 0. The molecule has 0 unspecified atom stereocenters. The van der Waals surface area contributed by atoms with Gasteiger partial charge in [-0.2, -0.15) is 0 Å². The molecule has 0 radical (unpaired) electrons. The molecule has 0 saturated heterocycles. The summed E-state index contributed by atoms with van der Waals surface area (Å²) in [6.07, 6.45) is 10.2. The lowest BCUT2D eigenvalue weighted by Crippen LogP contribution is -2.07. The molecule has 2 aromatic carbocycles. The molecule has 31 heavy (non-hydrogen) atoms. The lowest BCUT2D eigenvalue weighted by atomic mass is 9.81. The molecule has 1 aliphatic carbocycles. The van der Waals surface area contributed by atoms with Crippen LogP contribution in [0.15, 0.2) is 54.9 Å². The summed E-state index contributed by atoms with van der Waals surface area (Å²) in [4.78, 5) is 17.0. The Kier molecular flexibility index (Phi) is 4.23. The van der Waals surface area contributed by atoms with Crippen molar-refractivity contribution >= 4 is 16.9 Å². The Morgan fingerprint density at radius 3 is 2.77 bits per heavy atom. The fourth-order valence-electron chi connectivity index (χ4n) is 5.58. The third kappa shape index (κ3) is 2.76. The summed E-state index contributed by atoms with van der Waals surface area (Å²) in [5.74, 6) is 1.24. The molecule has 1 fully saturated rings. The monoisotopic (exact) mass is 411 g/mol. The first-order chi connectivity index (χ1) is 15.3. The van der Waals surface area contributed by atoms with E-state index < -0.39 is 0 Å². The second-order valence-electron chi connectivity index (χ2n) is 8.64. The number of nitrogens with zero attached hydrogens (tertiary/aromatic N) is 3. The zero-order valence-electron chi connectivity index (χ0n) is 17.7. The van der Waals surface area contributed by atoms with E-state index in [0.29, 0.717) is 18.0 Å². The lowest BCUT2D eigenvalue weighted by molar-refractivity contribution is 0.0601. The molecule has 2 aromatic heterocycles. The SMILES string of the molecule is COC(=O)c1ccc2c(C3CCCCC3)c3n(c2c1)Cc1nccn1-c1ccccc1-3. The van der Waals surface area contributed by atoms with Crippen molar-refractivity contribution in [2.24, 2.45) is 0 Å². The van der Waals surface area contributed by atoms with E-state index >= 15 is 0 Å². The molecular weight excluding hydrogens is 386 g/mol. The molecule has 3 heterocycles. The summed E-state index contributed by atoms with van der Waals surface area (Å²) < 4.78 is 9.58. The average molecular weight is 412 g/mol. The number of benzene rings is 2. The minimum Gasteiger partial charge on any atom is -0.465 e. The van der Waals surface area contributed by atoms with E-state index in [0.717, 1.165) is 11.3 Å². The average Bonchev–Trinajstić information content (AvgIpc) is 3.38. The van der Waals surface area contributed by atoms with E-state index in [1.54, 1.807) is 0 Å². The number of carbonyl (C=O) groups is 1. The first-order valence-corrected chi connectivity index (χ1v) is 11.1. The van der Waals surface area contributed by atoms with E-state index in [9.17, 15) is 4.79 Å². The number of rotatable bonds is 2. The van der Waals surface area contributed by atoms with Gasteiger partial charge in [0, 0.05) is 23.3 Å². The zero-order valence-corrected chi connectivity index (χ0v) is 17.7. The van der Waals surface area contributed by atoms with Crippen LogP contribution in [0.4, 0.5) is 0 Å². The Hall–Kier alpha value is -3.34. The fourth-order valence-corrected chi connectivity index (χ4v) is 5.58. The third-order valence-corrected chi connectivity index (χ3v) is 6.97. The molecule has 1 saturated carbocycles. The number of esters is 1. The largest absolute Gasteiger partial charge is 0.465 e. The van der Waals surface area contributed by atoms with Crippen LogP contribution in [-0.2, 0) is 11.3 Å². The highest BCUT2D eigenvalue weighted by Crippen LogP contribution is 2.46. The summed E-state index contributed by atoms with van der Waals surface area (Å²) in [5.41, 5.74) is 6.79. The molecule has 5 heteroatoms. The summed E-state index contributed by atoms with van der Waals surface area (Å²) in [5, 5.41) is 1.25. The van der Waals surface area contributed by atoms with Crippen molar-refractivity contribution in [2.45, 2.75) is 44.6 Å². The molecule has 2 aliphatic rings. The Balaban J connectivity index is 1.71. The Labute approximate surface area is 181 Å². The fraction of sp³-hybridized carbons (Fsp3) is 0.308. The number of fused-ring (bicyclic) bond motifs is 7. The van der Waals surface area contributed by atoms with Gasteiger partial charge in [-0.15, -0.1) is 0 Å². The van der Waals surface area contributed by atoms with Crippen molar-refractivity contribution in [3.8, 4) is 16.9 Å². The minimum absolute atomic E-state index is 0.299. The molecule has 0 spiro atoms. The van der Waals surface area contributed by atoms with Gasteiger partial charge in [-0.1, -0.05) is 43.5 Å². The van der Waals surface area contributed by atoms with Crippen molar-refractivity contribution in [1.82, 2.24) is 14.1 Å². The molecule has 0 bridgehead atoms. The maximum atomic E-state index is 12.3. The van der Waals surface area contributed by atoms with Crippen LogP contribution in [0.1, 0.15) is 59.8 Å². The number of carbonyl (C=O) groups excluding carboxylic acids is 1. The molecule has 156 valence electrons. The predicted octanol–water partition coefficient (Wildman–Crippen LogP) is 5.69. The van der Waals surface area contributed by atoms with Crippen molar-refractivity contribution in [2.75, 3.05) is 7.11 Å². The molecule has 6 rings (SSSR count). The van der Waals surface area contributed by atoms with E-state index in [2.05, 4.69) is 44.5 Å². The standard InChI is InChI=1S/C26H25N3O2/c1-31-26(30)18-11-12-19-22(15-18)29-16-23-27-13-14-28(23)21-10-6-5-9-20(21)25(29)24(19)17-7-3-2-4-8-17/h5-6,9-15,17H,2-4,7-8,16H2,1H3. The first kappa shape index (κ1) is 18.4. The first-order valence-electron chi connectivity index (χ1n) is 11.1. The van der Waals surface area contributed by atoms with Crippen LogP contribution in [0.25, 0.3) is 27.8 Å². The number of para-hydroxylation sites is 1. The van der Waals surface area contributed by atoms with Gasteiger partial charge in [-0.25, -0.2) is 9.78 Å². The van der Waals surface area contributed by atoms with E-state index in [1.165, 1.54) is 67.1 Å². The van der Waals surface area contributed by atoms with Gasteiger partial charge >= 0.3 is 5.97 Å². The molecule has 0 amide bonds. The Bertz CT molecular complexity index is 1310. The summed E-state index contributed by atoms with van der Waals surface area (Å²) in [6, 6.07) is 14.7. The second kappa shape index (κ2) is 7.12. The minimum atomic E-state index is -0.299. The van der Waals surface area contributed by atoms with Gasteiger partial charge in [-0.05, 0) is 42.5 Å². The number of methoxy groups -OCH3 is 1. The third-order valence-electron chi connectivity index (χ3n) is 6.97. The van der Waals surface area contributed by atoms with Crippen molar-refractivity contribution in [1.29, 1.82) is 0 Å². The van der Waals surface area contributed by atoms with Crippen molar-refractivity contribution in [3.63, 3.8) is 0 Å². The molecule has 0 N–H and O–H groups in total. The van der Waals surface area contributed by atoms with Crippen molar-refractivity contribution < 1.29 is 9.53 Å². The van der Waals surface area contributed by atoms with Gasteiger partial charge in [-0.3, -0.25) is 0 Å². The maximum absolute atomic E-state index is 12.3. The molecule has 5 nitrogen and oxygen atoms in total. The molecule has 0 atom stereocenters. The lowest BCUT2D eigenvalue weighted by Gasteiger charge is -2.23. The zero-order chi connectivity index (χ0) is 20.9. The van der Waals surface area contributed by atoms with Crippen LogP contribution in [-0.4, -0.2) is 27.2 Å². The van der Waals surface area contributed by atoms with Gasteiger partial charge in [0.1, 0.15) is 5.82 Å². The summed E-state index contributed by atoms with van der Waals surface area (Å²) >= 11 is 0. The van der Waals surface area contributed by atoms with Crippen LogP contribution in [0.3, 0.4) is 0 Å². The highest BCUT2D eigenvalue weighted by atomic mass is 16.5. The summed E-state index contributed by atoms with van der Waals surface area (Å²) in [6.45, 7) is 0.671. The quantitative estimate of drug-likeness (QED) is 0.351. The van der Waals surface area contributed by atoms with Crippen LogP contribution < -0.4 is 0 Å². The van der Waals surface area contributed by atoms with Gasteiger partial charge in [0.2, 0.25) is 0 Å². The number of ether oxygens (including phenoxy) is 1. The Morgan fingerprint density at radius 1 is 1.10 bits per heavy atom. The van der Waals surface area contributed by atoms with Crippen LogP contribution in [0.2, 0.25) is 0 Å². The van der Waals surface area contributed by atoms with Crippen molar-refractivity contribution in [3.05, 3.63) is 71.8 Å².